The third-order valence-electron chi connectivity index (χ3n) is 6.79. The van der Waals surface area contributed by atoms with E-state index >= 15 is 0 Å². The molecule has 2 heterocycles. The van der Waals surface area contributed by atoms with Crippen molar-refractivity contribution in [1.82, 2.24) is 19.7 Å². The lowest BCUT2D eigenvalue weighted by Crippen LogP contribution is -2.41. The number of benzene rings is 1. The fourth-order valence-electron chi connectivity index (χ4n) is 4.70. The minimum atomic E-state index is -4.06. The van der Waals surface area contributed by atoms with Crippen LogP contribution in [0.1, 0.15) is 39.0 Å². The molecule has 0 aliphatic heterocycles. The first-order valence-electron chi connectivity index (χ1n) is 12.2. The van der Waals surface area contributed by atoms with E-state index in [2.05, 4.69) is 19.9 Å². The van der Waals surface area contributed by atoms with Gasteiger partial charge in [-0.15, -0.1) is 10.2 Å². The molecule has 37 heavy (non-hydrogen) atoms. The zero-order valence-corrected chi connectivity index (χ0v) is 22.2. The SMILES string of the molecule is COc1cccc(-c2nnc(NS(=O)(=O)[C@@H](C)C(O)C3CCCCC3)n2-c2c(OC)cccc2OC)n1. The van der Waals surface area contributed by atoms with Gasteiger partial charge in [0.25, 0.3) is 0 Å². The molecule has 11 nitrogen and oxygen atoms in total. The lowest BCUT2D eigenvalue weighted by molar-refractivity contribution is 0.0841. The lowest BCUT2D eigenvalue weighted by atomic mass is 9.84. The van der Waals surface area contributed by atoms with E-state index in [4.69, 9.17) is 14.2 Å². The van der Waals surface area contributed by atoms with Crippen molar-refractivity contribution in [2.24, 2.45) is 5.92 Å². The Labute approximate surface area is 216 Å². The maximum absolute atomic E-state index is 13.5. The van der Waals surface area contributed by atoms with Gasteiger partial charge in [-0.1, -0.05) is 31.4 Å². The van der Waals surface area contributed by atoms with E-state index in [0.717, 1.165) is 32.1 Å². The van der Waals surface area contributed by atoms with Crippen LogP contribution in [-0.2, 0) is 10.0 Å². The fraction of sp³-hybridized carbons (Fsp3) is 0.480. The number of ether oxygens (including phenoxy) is 3. The van der Waals surface area contributed by atoms with Crippen LogP contribution in [0.2, 0.25) is 0 Å². The van der Waals surface area contributed by atoms with Crippen LogP contribution in [0.4, 0.5) is 5.95 Å². The van der Waals surface area contributed by atoms with Crippen LogP contribution >= 0.6 is 0 Å². The number of aromatic nitrogens is 4. The van der Waals surface area contributed by atoms with Crippen LogP contribution in [0.5, 0.6) is 17.4 Å². The predicted molar refractivity (Wildman–Crippen MR) is 139 cm³/mol. The topological polar surface area (TPSA) is 138 Å². The number of rotatable bonds is 10. The Hall–Kier alpha value is -3.38. The molecule has 2 aromatic heterocycles. The highest BCUT2D eigenvalue weighted by Gasteiger charge is 2.36. The summed E-state index contributed by atoms with van der Waals surface area (Å²) in [5, 5.41) is 18.3. The molecular weight excluding hydrogens is 498 g/mol. The zero-order valence-electron chi connectivity index (χ0n) is 21.4. The normalized spacial score (nSPS) is 16.1. The maximum Gasteiger partial charge on any atom is 0.243 e. The first kappa shape index (κ1) is 26.7. The van der Waals surface area contributed by atoms with Gasteiger partial charge in [-0.3, -0.25) is 9.29 Å². The van der Waals surface area contributed by atoms with E-state index in [1.807, 2.05) is 0 Å². The summed E-state index contributed by atoms with van der Waals surface area (Å²) in [5.41, 5.74) is 0.774. The Bertz CT molecular complexity index is 1300. The molecule has 0 amide bonds. The van der Waals surface area contributed by atoms with E-state index < -0.39 is 21.4 Å². The van der Waals surface area contributed by atoms with E-state index in [9.17, 15) is 13.5 Å². The molecule has 1 aliphatic carbocycles. The van der Waals surface area contributed by atoms with Gasteiger partial charge in [0, 0.05) is 6.07 Å². The number of methoxy groups -OCH3 is 3. The van der Waals surface area contributed by atoms with Gasteiger partial charge in [-0.05, 0) is 43.9 Å². The summed E-state index contributed by atoms with van der Waals surface area (Å²) < 4.78 is 47.4. The number of para-hydroxylation sites is 1. The molecule has 2 N–H and O–H groups in total. The second kappa shape index (κ2) is 11.3. The molecule has 1 saturated carbocycles. The maximum atomic E-state index is 13.5. The minimum Gasteiger partial charge on any atom is -0.494 e. The standard InChI is InChI=1S/C25H33N5O6S/c1-16(23(31)17-10-6-5-7-11-17)37(32,33)29-25-28-27-24(18-12-8-15-21(26-18)36-4)30(25)22-19(34-2)13-9-14-20(22)35-3/h8-9,12-17,23,31H,5-7,10-11H2,1-4H3,(H,28,29)/t16-,23?/m0/s1. The van der Waals surface area contributed by atoms with Gasteiger partial charge in [-0.25, -0.2) is 13.4 Å². The molecule has 2 atom stereocenters. The molecule has 4 rings (SSSR count). The largest absolute Gasteiger partial charge is 0.494 e. The number of hydrogen-bond acceptors (Lipinski definition) is 9. The van der Waals surface area contributed by atoms with Crippen molar-refractivity contribution in [3.05, 3.63) is 36.4 Å². The second-order valence-electron chi connectivity index (χ2n) is 9.00. The highest BCUT2D eigenvalue weighted by Crippen LogP contribution is 2.38. The van der Waals surface area contributed by atoms with Gasteiger partial charge in [0.05, 0.1) is 27.4 Å². The van der Waals surface area contributed by atoms with Crippen LogP contribution in [0.25, 0.3) is 17.2 Å². The highest BCUT2D eigenvalue weighted by atomic mass is 32.2. The Morgan fingerprint density at radius 3 is 2.24 bits per heavy atom. The summed E-state index contributed by atoms with van der Waals surface area (Å²) >= 11 is 0. The Morgan fingerprint density at radius 1 is 0.973 bits per heavy atom. The molecule has 1 aliphatic rings. The van der Waals surface area contributed by atoms with Crippen LogP contribution < -0.4 is 18.9 Å². The molecule has 1 fully saturated rings. The molecule has 0 saturated heterocycles. The van der Waals surface area contributed by atoms with Crippen LogP contribution in [0, 0.1) is 5.92 Å². The average molecular weight is 532 g/mol. The number of anilines is 1. The zero-order chi connectivity index (χ0) is 26.6. The molecule has 200 valence electrons. The first-order valence-corrected chi connectivity index (χ1v) is 13.7. The third kappa shape index (κ3) is 5.49. The number of nitrogens with one attached hydrogen (secondary N) is 1. The molecule has 1 aromatic carbocycles. The van der Waals surface area contributed by atoms with Crippen molar-refractivity contribution >= 4 is 16.0 Å². The third-order valence-corrected chi connectivity index (χ3v) is 8.51. The Balaban J connectivity index is 1.81. The number of aliphatic hydroxyl groups excluding tert-OH is 1. The minimum absolute atomic E-state index is 0.0657. The molecule has 3 aromatic rings. The van der Waals surface area contributed by atoms with Crippen LogP contribution in [-0.4, -0.2) is 66.0 Å². The Kier molecular flexibility index (Phi) is 8.18. The van der Waals surface area contributed by atoms with E-state index in [1.165, 1.54) is 32.8 Å². The van der Waals surface area contributed by atoms with Gasteiger partial charge in [0.1, 0.15) is 28.1 Å². The first-order chi connectivity index (χ1) is 17.8. The number of sulfonamides is 1. The molecule has 1 unspecified atom stereocenters. The van der Waals surface area contributed by atoms with Gasteiger partial charge >= 0.3 is 0 Å². The second-order valence-corrected chi connectivity index (χ2v) is 11.0. The molecule has 12 heteroatoms. The summed E-state index contributed by atoms with van der Waals surface area (Å²) in [4.78, 5) is 4.45. The van der Waals surface area contributed by atoms with Crippen molar-refractivity contribution in [2.45, 2.75) is 50.4 Å². The predicted octanol–water partition coefficient (Wildman–Crippen LogP) is 3.43. The number of pyridine rings is 1. The summed E-state index contributed by atoms with van der Waals surface area (Å²) in [6, 6.07) is 10.3. The number of nitrogens with zero attached hydrogens (tertiary/aromatic N) is 4. The Morgan fingerprint density at radius 2 is 1.62 bits per heavy atom. The summed E-state index contributed by atoms with van der Waals surface area (Å²) in [6.07, 6.45) is 3.69. The molecule has 0 bridgehead atoms. The van der Waals surface area contributed by atoms with E-state index in [0.29, 0.717) is 28.8 Å². The molecule has 0 spiro atoms. The summed E-state index contributed by atoms with van der Waals surface area (Å²) in [5.74, 6) is 1.23. The highest BCUT2D eigenvalue weighted by molar-refractivity contribution is 7.93. The fourth-order valence-corrected chi connectivity index (χ4v) is 5.86. The van der Waals surface area contributed by atoms with Gasteiger partial charge in [0.15, 0.2) is 5.82 Å². The molecular formula is C25H33N5O6S. The van der Waals surface area contributed by atoms with Gasteiger partial charge < -0.3 is 19.3 Å². The van der Waals surface area contributed by atoms with Crippen molar-refractivity contribution in [2.75, 3.05) is 26.1 Å². The van der Waals surface area contributed by atoms with Crippen molar-refractivity contribution in [3.63, 3.8) is 0 Å². The lowest BCUT2D eigenvalue weighted by Gasteiger charge is -2.30. The van der Waals surface area contributed by atoms with Crippen LogP contribution in [0.15, 0.2) is 36.4 Å². The van der Waals surface area contributed by atoms with Gasteiger partial charge in [0.2, 0.25) is 21.9 Å². The van der Waals surface area contributed by atoms with Crippen molar-refractivity contribution in [3.8, 4) is 34.6 Å². The smallest absolute Gasteiger partial charge is 0.243 e. The van der Waals surface area contributed by atoms with Gasteiger partial charge in [-0.2, -0.15) is 0 Å². The van der Waals surface area contributed by atoms with E-state index in [-0.39, 0.29) is 17.7 Å². The van der Waals surface area contributed by atoms with Crippen LogP contribution in [0.3, 0.4) is 0 Å². The van der Waals surface area contributed by atoms with Crippen molar-refractivity contribution in [1.29, 1.82) is 0 Å². The molecule has 0 radical (unpaired) electrons. The van der Waals surface area contributed by atoms with E-state index in [1.54, 1.807) is 36.4 Å². The average Bonchev–Trinajstić information content (AvgIpc) is 3.34. The number of aliphatic hydroxyl groups is 1. The summed E-state index contributed by atoms with van der Waals surface area (Å²) in [6.45, 7) is 1.51. The monoisotopic (exact) mass is 531 g/mol. The summed E-state index contributed by atoms with van der Waals surface area (Å²) in [7, 11) is 0.433. The quantitative estimate of drug-likeness (QED) is 0.403. The van der Waals surface area contributed by atoms with Crippen molar-refractivity contribution < 1.29 is 27.7 Å². The number of hydrogen-bond donors (Lipinski definition) is 2.